The summed E-state index contributed by atoms with van der Waals surface area (Å²) in [6.07, 6.45) is 2.18. The minimum absolute atomic E-state index is 0.732. The van der Waals surface area contributed by atoms with E-state index >= 15 is 0 Å². The molecule has 1 aliphatic rings. The predicted octanol–water partition coefficient (Wildman–Crippen LogP) is 4.05. The Balaban J connectivity index is 0.000000366. The lowest BCUT2D eigenvalue weighted by Crippen LogP contribution is -2.21. The van der Waals surface area contributed by atoms with Gasteiger partial charge in [0.1, 0.15) is 5.75 Å². The van der Waals surface area contributed by atoms with Crippen LogP contribution < -0.4 is 14.2 Å². The molecular formula is C20H22F3NO6S. The van der Waals surface area contributed by atoms with Crippen molar-refractivity contribution in [3.05, 3.63) is 53.1 Å². The number of nitrogens with zero attached hydrogens (tertiary/aromatic N) is 1. The molecule has 2 aromatic rings. The molecule has 2 aromatic carbocycles. The molecule has 0 spiro atoms. The highest BCUT2D eigenvalue weighted by Crippen LogP contribution is 2.37. The van der Waals surface area contributed by atoms with Gasteiger partial charge in [0.25, 0.3) is 0 Å². The van der Waals surface area contributed by atoms with Crippen LogP contribution in [0.4, 0.5) is 13.2 Å². The molecule has 0 aromatic heterocycles. The van der Waals surface area contributed by atoms with Crippen molar-refractivity contribution in [2.45, 2.75) is 12.1 Å². The van der Waals surface area contributed by atoms with E-state index < -0.39 is 15.6 Å². The Kier molecular flexibility index (Phi) is 7.45. The normalized spacial score (nSPS) is 13.4. The van der Waals surface area contributed by atoms with E-state index in [1.165, 1.54) is 11.1 Å². The van der Waals surface area contributed by atoms with E-state index in [9.17, 15) is 13.2 Å². The molecule has 31 heavy (non-hydrogen) atoms. The van der Waals surface area contributed by atoms with E-state index in [1.54, 1.807) is 21.3 Å². The number of halogens is 3. The lowest BCUT2D eigenvalue weighted by Gasteiger charge is -2.29. The summed E-state index contributed by atoms with van der Waals surface area (Å²) >= 11 is 0. The maximum absolute atomic E-state index is 10.7. The van der Waals surface area contributed by atoms with Gasteiger partial charge in [0.15, 0.2) is 11.5 Å². The molecular weight excluding hydrogens is 439 g/mol. The van der Waals surface area contributed by atoms with Crippen LogP contribution >= 0.6 is 0 Å². The Morgan fingerprint density at radius 3 is 2.06 bits per heavy atom. The molecule has 11 heteroatoms. The first-order valence-electron chi connectivity index (χ1n) is 8.77. The predicted molar refractivity (Wildman–Crippen MR) is 109 cm³/mol. The van der Waals surface area contributed by atoms with Crippen LogP contribution in [0.15, 0.2) is 36.4 Å². The monoisotopic (exact) mass is 461 g/mol. The average molecular weight is 461 g/mol. The SMILES string of the molecule is COc1ccc(C2=Cc3cccc(OC)c3CN2C)cc1OC.O=S(=O)(O)C(F)(F)F. The van der Waals surface area contributed by atoms with Gasteiger partial charge in [0, 0.05) is 30.4 Å². The zero-order valence-corrected chi connectivity index (χ0v) is 18.0. The van der Waals surface area contributed by atoms with Gasteiger partial charge in [-0.15, -0.1) is 0 Å². The molecule has 0 atom stereocenters. The maximum Gasteiger partial charge on any atom is 0.522 e. The lowest BCUT2D eigenvalue weighted by atomic mass is 9.97. The molecule has 3 rings (SSSR count). The van der Waals surface area contributed by atoms with Crippen molar-refractivity contribution in [1.29, 1.82) is 0 Å². The number of methoxy groups -OCH3 is 3. The third-order valence-electron chi connectivity index (χ3n) is 4.46. The van der Waals surface area contributed by atoms with E-state index in [-0.39, 0.29) is 0 Å². The first-order chi connectivity index (χ1) is 14.4. The molecule has 1 aliphatic heterocycles. The molecule has 1 heterocycles. The summed E-state index contributed by atoms with van der Waals surface area (Å²) in [5.74, 6) is 2.39. The van der Waals surface area contributed by atoms with Crippen LogP contribution in [-0.2, 0) is 16.7 Å². The first kappa shape index (κ1) is 24.4. The van der Waals surface area contributed by atoms with E-state index in [0.29, 0.717) is 0 Å². The van der Waals surface area contributed by atoms with E-state index in [0.717, 1.165) is 35.1 Å². The zero-order valence-electron chi connectivity index (χ0n) is 17.2. The second-order valence-corrected chi connectivity index (χ2v) is 7.82. The summed E-state index contributed by atoms with van der Waals surface area (Å²) in [4.78, 5) is 2.21. The van der Waals surface area contributed by atoms with Gasteiger partial charge in [0.05, 0.1) is 21.3 Å². The van der Waals surface area contributed by atoms with Gasteiger partial charge in [-0.1, -0.05) is 12.1 Å². The van der Waals surface area contributed by atoms with Crippen LogP contribution in [0.25, 0.3) is 11.8 Å². The van der Waals surface area contributed by atoms with Crippen LogP contribution in [0.2, 0.25) is 0 Å². The molecule has 1 N–H and O–H groups in total. The van der Waals surface area contributed by atoms with Crippen molar-refractivity contribution >= 4 is 21.9 Å². The molecule has 0 fully saturated rings. The van der Waals surface area contributed by atoms with Crippen LogP contribution in [-0.4, -0.2) is 51.8 Å². The van der Waals surface area contributed by atoms with Crippen LogP contribution in [0.1, 0.15) is 16.7 Å². The number of hydrogen-bond acceptors (Lipinski definition) is 6. The number of alkyl halides is 3. The molecule has 0 radical (unpaired) electrons. The third-order valence-corrected chi connectivity index (χ3v) is 5.04. The zero-order chi connectivity index (χ0) is 23.4. The van der Waals surface area contributed by atoms with E-state index in [4.69, 9.17) is 27.2 Å². The number of fused-ring (bicyclic) bond motifs is 1. The highest BCUT2D eigenvalue weighted by Gasteiger charge is 2.44. The van der Waals surface area contributed by atoms with Gasteiger partial charge in [-0.2, -0.15) is 21.6 Å². The number of rotatable bonds is 4. The second-order valence-electron chi connectivity index (χ2n) is 6.40. The van der Waals surface area contributed by atoms with Crippen molar-refractivity contribution in [1.82, 2.24) is 4.90 Å². The molecule has 7 nitrogen and oxygen atoms in total. The van der Waals surface area contributed by atoms with E-state index in [2.05, 4.69) is 30.2 Å². The van der Waals surface area contributed by atoms with Crippen LogP contribution in [0.5, 0.6) is 17.2 Å². The number of ether oxygens (including phenoxy) is 3. The highest BCUT2D eigenvalue weighted by atomic mass is 32.2. The molecule has 0 unspecified atom stereocenters. The molecule has 0 aliphatic carbocycles. The van der Waals surface area contributed by atoms with Gasteiger partial charge >= 0.3 is 15.6 Å². The Labute approximate surface area is 178 Å². The molecule has 0 saturated carbocycles. The summed E-state index contributed by atoms with van der Waals surface area (Å²) in [6.45, 7) is 0.805. The fourth-order valence-electron chi connectivity index (χ4n) is 2.96. The molecule has 0 bridgehead atoms. The summed E-state index contributed by atoms with van der Waals surface area (Å²) in [5.41, 5.74) is -0.896. The summed E-state index contributed by atoms with van der Waals surface area (Å²) in [5, 5.41) is 0. The smallest absolute Gasteiger partial charge is 0.496 e. The Morgan fingerprint density at radius 1 is 0.968 bits per heavy atom. The Hall–Kier alpha value is -2.92. The topological polar surface area (TPSA) is 85.3 Å². The standard InChI is InChI=1S/C19H21NO3.CHF3O3S/c1-20-12-15-13(6-5-7-17(15)21-2)10-16(20)14-8-9-18(22-3)19(11-14)23-4;2-1(3,4)8(5,6)7/h5-11H,12H2,1-4H3;(H,5,6,7). The van der Waals surface area contributed by atoms with Gasteiger partial charge in [-0.25, -0.2) is 0 Å². The van der Waals surface area contributed by atoms with Gasteiger partial charge in [-0.3, -0.25) is 4.55 Å². The van der Waals surface area contributed by atoms with Crippen molar-refractivity contribution in [3.63, 3.8) is 0 Å². The Morgan fingerprint density at radius 2 is 1.55 bits per heavy atom. The highest BCUT2D eigenvalue weighted by molar-refractivity contribution is 7.86. The quantitative estimate of drug-likeness (QED) is 0.543. The summed E-state index contributed by atoms with van der Waals surface area (Å²) in [7, 11) is 1.25. The number of hydrogen-bond donors (Lipinski definition) is 1. The molecule has 170 valence electrons. The fourth-order valence-corrected chi connectivity index (χ4v) is 2.96. The van der Waals surface area contributed by atoms with Crippen molar-refractivity contribution in [3.8, 4) is 17.2 Å². The third kappa shape index (κ3) is 5.61. The average Bonchev–Trinajstić information content (AvgIpc) is 2.71. The van der Waals surface area contributed by atoms with Gasteiger partial charge < -0.3 is 19.1 Å². The molecule has 0 saturated heterocycles. The second kappa shape index (κ2) is 9.48. The summed E-state index contributed by atoms with van der Waals surface area (Å²) in [6, 6.07) is 12.1. The minimum atomic E-state index is -5.84. The van der Waals surface area contributed by atoms with Crippen molar-refractivity contribution < 1.29 is 40.4 Å². The Bertz CT molecular complexity index is 1070. The minimum Gasteiger partial charge on any atom is -0.496 e. The van der Waals surface area contributed by atoms with Crippen molar-refractivity contribution in [2.75, 3.05) is 28.4 Å². The number of benzene rings is 2. The van der Waals surface area contributed by atoms with Crippen LogP contribution in [0, 0.1) is 0 Å². The van der Waals surface area contributed by atoms with E-state index in [1.807, 2.05) is 24.3 Å². The maximum atomic E-state index is 10.7. The van der Waals surface area contributed by atoms with Crippen LogP contribution in [0.3, 0.4) is 0 Å². The first-order valence-corrected chi connectivity index (χ1v) is 10.2. The fraction of sp³-hybridized carbons (Fsp3) is 0.300. The van der Waals surface area contributed by atoms with Gasteiger partial charge in [0.2, 0.25) is 0 Å². The largest absolute Gasteiger partial charge is 0.522 e. The van der Waals surface area contributed by atoms with Crippen molar-refractivity contribution in [2.24, 2.45) is 0 Å². The van der Waals surface area contributed by atoms with Gasteiger partial charge in [-0.05, 0) is 35.9 Å². The summed E-state index contributed by atoms with van der Waals surface area (Å²) < 4.78 is 73.8. The molecule has 0 amide bonds. The lowest BCUT2D eigenvalue weighted by molar-refractivity contribution is -0.0510.